The molecule has 0 bridgehead atoms. The van der Waals surface area contributed by atoms with Gasteiger partial charge < -0.3 is 10.2 Å². The summed E-state index contributed by atoms with van der Waals surface area (Å²) in [6, 6.07) is 0.170. The quantitative estimate of drug-likeness (QED) is 0.115. The van der Waals surface area contributed by atoms with Gasteiger partial charge in [0.1, 0.15) is 0 Å². The molecular formula is C15H27N6O8+. The van der Waals surface area contributed by atoms with Crippen molar-refractivity contribution in [1.29, 1.82) is 0 Å². The summed E-state index contributed by atoms with van der Waals surface area (Å²) in [6.45, 7) is 0.269. The van der Waals surface area contributed by atoms with Crippen molar-refractivity contribution >= 4 is 23.7 Å². The number of rotatable bonds is 13. The molecule has 1 saturated carbocycles. The molecule has 14 nitrogen and oxygen atoms in total. The first kappa shape index (κ1) is 23.1. The van der Waals surface area contributed by atoms with E-state index in [4.69, 9.17) is 16.7 Å². The van der Waals surface area contributed by atoms with Crippen LogP contribution in [0.3, 0.4) is 0 Å². The molecule has 0 atom stereocenters. The number of quaternary nitrogens is 1. The summed E-state index contributed by atoms with van der Waals surface area (Å²) in [4.78, 5) is 64.5. The van der Waals surface area contributed by atoms with E-state index in [0.717, 1.165) is 19.3 Å². The molecule has 29 heavy (non-hydrogen) atoms. The molecule has 3 amide bonds. The molecule has 6 N–H and O–H groups in total. The smallest absolute Gasteiger partial charge is 0.333 e. The summed E-state index contributed by atoms with van der Waals surface area (Å²) in [5, 5.41) is 3.02. The van der Waals surface area contributed by atoms with Gasteiger partial charge in [-0.2, -0.15) is 11.8 Å². The Morgan fingerprint density at radius 3 is 2.31 bits per heavy atom. The summed E-state index contributed by atoms with van der Waals surface area (Å²) in [5.74, 6) is 7.95. The lowest BCUT2D eigenvalue weighted by Crippen LogP contribution is -2.57. The van der Waals surface area contributed by atoms with Crippen LogP contribution >= 0.6 is 0 Å². The Balaban J connectivity index is 1.60. The number of imide groups is 1. The van der Waals surface area contributed by atoms with Crippen molar-refractivity contribution in [1.82, 2.24) is 15.9 Å². The Labute approximate surface area is 166 Å². The SMILES string of the molecule is NO[N+](CCCNC(=O)CCC(=O)ON1C(=O)CCC1=O)(ON)ONC1CCC1. The molecular weight excluding hydrogens is 392 g/mol. The number of nitrogens with one attached hydrogen (secondary N) is 2. The summed E-state index contributed by atoms with van der Waals surface area (Å²) in [6.07, 6.45) is 2.88. The Morgan fingerprint density at radius 2 is 1.76 bits per heavy atom. The summed E-state index contributed by atoms with van der Waals surface area (Å²) < 4.78 is 0. The van der Waals surface area contributed by atoms with Crippen LogP contribution in [0, 0.1) is 0 Å². The van der Waals surface area contributed by atoms with Crippen LogP contribution in [0.1, 0.15) is 51.4 Å². The summed E-state index contributed by atoms with van der Waals surface area (Å²) in [7, 11) is 0. The zero-order valence-corrected chi connectivity index (χ0v) is 16.0. The molecule has 0 radical (unpaired) electrons. The second-order valence-electron chi connectivity index (χ2n) is 6.63. The van der Waals surface area contributed by atoms with E-state index in [0.29, 0.717) is 11.5 Å². The maximum absolute atomic E-state index is 11.8. The molecule has 164 valence electrons. The van der Waals surface area contributed by atoms with Gasteiger partial charge in [0.2, 0.25) is 5.91 Å². The number of hydroxylamine groups is 6. The molecule has 1 heterocycles. The predicted octanol–water partition coefficient (Wildman–Crippen LogP) is -1.70. The van der Waals surface area contributed by atoms with E-state index in [1.165, 1.54) is 0 Å². The van der Waals surface area contributed by atoms with Crippen molar-refractivity contribution in [3.05, 3.63) is 0 Å². The van der Waals surface area contributed by atoms with Gasteiger partial charge in [-0.3, -0.25) is 14.4 Å². The molecule has 0 aromatic heterocycles. The van der Waals surface area contributed by atoms with Crippen molar-refractivity contribution < 1.29 is 43.8 Å². The maximum Gasteiger partial charge on any atom is 0.333 e. The molecule has 0 aromatic rings. The van der Waals surface area contributed by atoms with E-state index >= 15 is 0 Å². The van der Waals surface area contributed by atoms with Crippen molar-refractivity contribution in [2.45, 2.75) is 57.4 Å². The van der Waals surface area contributed by atoms with Gasteiger partial charge >= 0.3 is 5.97 Å². The fourth-order valence-corrected chi connectivity index (χ4v) is 2.51. The van der Waals surface area contributed by atoms with Gasteiger partial charge in [0.25, 0.3) is 11.8 Å². The lowest BCUT2D eigenvalue weighted by atomic mass is 9.94. The predicted molar refractivity (Wildman–Crippen MR) is 91.6 cm³/mol. The highest BCUT2D eigenvalue weighted by molar-refractivity contribution is 6.01. The molecule has 1 aliphatic carbocycles. The molecule has 0 aromatic carbocycles. The van der Waals surface area contributed by atoms with Crippen LogP contribution in [-0.4, -0.2) is 52.9 Å². The normalized spacial score (nSPS) is 17.4. The highest BCUT2D eigenvalue weighted by atomic mass is 17.3. The van der Waals surface area contributed by atoms with Gasteiger partial charge in [-0.25, -0.2) is 4.79 Å². The monoisotopic (exact) mass is 419 g/mol. The van der Waals surface area contributed by atoms with Crippen LogP contribution in [0.25, 0.3) is 0 Å². The van der Waals surface area contributed by atoms with Crippen LogP contribution in [0.2, 0.25) is 0 Å². The molecule has 2 fully saturated rings. The van der Waals surface area contributed by atoms with Crippen LogP contribution in [0.4, 0.5) is 0 Å². The average molecular weight is 419 g/mol. The number of carbonyl (C=O) groups excluding carboxylic acids is 4. The third kappa shape index (κ3) is 6.97. The van der Waals surface area contributed by atoms with Crippen LogP contribution in [0.5, 0.6) is 0 Å². The third-order valence-corrected chi connectivity index (χ3v) is 4.47. The fourth-order valence-electron chi connectivity index (χ4n) is 2.51. The summed E-state index contributed by atoms with van der Waals surface area (Å²) >= 11 is 0. The zero-order chi connectivity index (χ0) is 21.3. The Morgan fingerprint density at radius 1 is 1.10 bits per heavy atom. The van der Waals surface area contributed by atoms with Crippen molar-refractivity contribution in [3.8, 4) is 0 Å². The molecule has 14 heteroatoms. The van der Waals surface area contributed by atoms with E-state index in [-0.39, 0.29) is 44.8 Å². The second-order valence-corrected chi connectivity index (χ2v) is 6.63. The molecule has 1 saturated heterocycles. The Hall–Kier alpha value is -2.20. The lowest BCUT2D eigenvalue weighted by molar-refractivity contribution is -1.38. The number of amides is 3. The largest absolute Gasteiger partial charge is 0.356 e. The van der Waals surface area contributed by atoms with E-state index in [1.807, 2.05) is 0 Å². The molecule has 2 aliphatic rings. The number of nitrogens with two attached hydrogens (primary N) is 2. The minimum atomic E-state index is -0.962. The topological polar surface area (TPSA) is 185 Å². The molecule has 0 unspecified atom stereocenters. The molecule has 2 rings (SSSR count). The average Bonchev–Trinajstić information content (AvgIpc) is 2.99. The number of hydrogen-bond acceptors (Lipinski definition) is 11. The highest BCUT2D eigenvalue weighted by Gasteiger charge is 2.37. The van der Waals surface area contributed by atoms with Gasteiger partial charge in [0.15, 0.2) is 11.5 Å². The van der Waals surface area contributed by atoms with Crippen molar-refractivity contribution in [2.24, 2.45) is 11.8 Å². The standard InChI is InChI=1S/C15H26N6O8/c16-27-21(28-17,29-19-11-3-1-4-11)10-2-9-18-12(22)5-8-15(25)26-20-13(23)6-7-14(20)24/h11,19H,1-10,16-17H2/p+1. The first-order valence-corrected chi connectivity index (χ1v) is 9.31. The van der Waals surface area contributed by atoms with E-state index < -0.39 is 28.7 Å². The second kappa shape index (κ2) is 11.1. The molecule has 1 aliphatic heterocycles. The van der Waals surface area contributed by atoms with E-state index in [2.05, 4.69) is 25.5 Å². The first-order chi connectivity index (χ1) is 13.9. The Kier molecular flexibility index (Phi) is 8.84. The highest BCUT2D eigenvalue weighted by Crippen LogP contribution is 2.19. The lowest BCUT2D eigenvalue weighted by Gasteiger charge is -2.29. The zero-order valence-electron chi connectivity index (χ0n) is 16.0. The van der Waals surface area contributed by atoms with Crippen molar-refractivity contribution in [2.75, 3.05) is 13.1 Å². The van der Waals surface area contributed by atoms with Gasteiger partial charge in [-0.05, 0) is 27.7 Å². The first-order valence-electron chi connectivity index (χ1n) is 9.31. The minimum absolute atomic E-state index is 0.00547. The van der Waals surface area contributed by atoms with Crippen LogP contribution in [-0.2, 0) is 38.8 Å². The van der Waals surface area contributed by atoms with Gasteiger partial charge in [0.05, 0.1) is 6.42 Å². The Bertz CT molecular complexity index is 594. The van der Waals surface area contributed by atoms with E-state index in [9.17, 15) is 19.2 Å². The third-order valence-electron chi connectivity index (χ3n) is 4.47. The van der Waals surface area contributed by atoms with E-state index in [1.54, 1.807) is 0 Å². The van der Waals surface area contributed by atoms with Gasteiger partial charge in [-0.1, -0.05) is 6.42 Å². The van der Waals surface area contributed by atoms with Gasteiger partial charge in [-0.15, -0.1) is 10.5 Å². The number of nitrogens with zero attached hydrogens (tertiary/aromatic N) is 2. The fraction of sp³-hybridized carbons (Fsp3) is 0.733. The number of hydrogen-bond donors (Lipinski definition) is 4. The number of carbonyl (C=O) groups is 4. The minimum Gasteiger partial charge on any atom is -0.356 e. The van der Waals surface area contributed by atoms with Crippen LogP contribution in [0.15, 0.2) is 0 Å². The summed E-state index contributed by atoms with van der Waals surface area (Å²) in [5.41, 5.74) is 2.75. The molecule has 0 spiro atoms. The van der Waals surface area contributed by atoms with Gasteiger partial charge in [0, 0.05) is 38.3 Å². The maximum atomic E-state index is 11.8. The van der Waals surface area contributed by atoms with Crippen LogP contribution < -0.4 is 22.6 Å². The van der Waals surface area contributed by atoms with Crippen molar-refractivity contribution in [3.63, 3.8) is 0 Å².